The van der Waals surface area contributed by atoms with Gasteiger partial charge in [0.1, 0.15) is 5.75 Å². The number of ether oxygens (including phenoxy) is 1. The lowest BCUT2D eigenvalue weighted by Gasteiger charge is -1.93. The Kier molecular flexibility index (Phi) is 2.09. The summed E-state index contributed by atoms with van der Waals surface area (Å²) in [5.41, 5.74) is 0.484. The third-order valence-corrected chi connectivity index (χ3v) is 1.13. The molecule has 0 heterocycles. The molecule has 0 aliphatic carbocycles. The second-order valence-electron chi connectivity index (χ2n) is 1.83. The lowest BCUT2D eigenvalue weighted by Crippen LogP contribution is -1.81. The van der Waals surface area contributed by atoms with Crippen LogP contribution in [0.5, 0.6) is 5.75 Å². The molecule has 0 radical (unpaired) electrons. The van der Waals surface area contributed by atoms with Crippen molar-refractivity contribution in [3.63, 3.8) is 0 Å². The zero-order valence-corrected chi connectivity index (χ0v) is 5.61. The zero-order chi connectivity index (χ0) is 8.10. The van der Waals surface area contributed by atoms with Crippen LogP contribution in [0.4, 0.5) is 0 Å². The van der Waals surface area contributed by atoms with Crippen molar-refractivity contribution in [3.05, 3.63) is 29.8 Å². The third-order valence-electron chi connectivity index (χ3n) is 1.13. The van der Waals surface area contributed by atoms with Crippen LogP contribution in [0, 0.1) is 22.8 Å². The minimum absolute atomic E-state index is 0.395. The van der Waals surface area contributed by atoms with Gasteiger partial charge in [0.15, 0.2) is 0 Å². The Morgan fingerprint density at radius 1 is 1.27 bits per heavy atom. The SMILES string of the molecule is N#COc1cccc(C#N)c1. The normalized spacial score (nSPS) is 7.82. The lowest BCUT2D eigenvalue weighted by atomic mass is 10.2. The van der Waals surface area contributed by atoms with Gasteiger partial charge in [-0.15, -0.1) is 5.26 Å². The van der Waals surface area contributed by atoms with E-state index in [0.717, 1.165) is 0 Å². The van der Waals surface area contributed by atoms with Crippen LogP contribution >= 0.6 is 0 Å². The second kappa shape index (κ2) is 3.24. The third kappa shape index (κ3) is 1.70. The summed E-state index contributed by atoms with van der Waals surface area (Å²) < 4.78 is 4.50. The van der Waals surface area contributed by atoms with Gasteiger partial charge < -0.3 is 4.74 Å². The van der Waals surface area contributed by atoms with Gasteiger partial charge >= 0.3 is 0 Å². The Bertz CT molecular complexity index is 333. The summed E-state index contributed by atoms with van der Waals surface area (Å²) in [4.78, 5) is 0. The largest absolute Gasteiger partial charge is 0.388 e. The maximum absolute atomic E-state index is 8.44. The van der Waals surface area contributed by atoms with Crippen LogP contribution in [0.25, 0.3) is 0 Å². The minimum Gasteiger partial charge on any atom is -0.388 e. The van der Waals surface area contributed by atoms with Gasteiger partial charge in [-0.1, -0.05) is 6.07 Å². The number of benzene rings is 1. The summed E-state index contributed by atoms with van der Waals surface area (Å²) in [6, 6.07) is 8.36. The van der Waals surface area contributed by atoms with Crippen molar-refractivity contribution in [1.29, 1.82) is 10.5 Å². The van der Waals surface area contributed by atoms with E-state index < -0.39 is 0 Å². The van der Waals surface area contributed by atoms with Gasteiger partial charge in [-0.05, 0) is 18.2 Å². The summed E-state index contributed by atoms with van der Waals surface area (Å²) in [5, 5.41) is 16.6. The Balaban J connectivity index is 2.96. The molecule has 3 nitrogen and oxygen atoms in total. The molecule has 0 fully saturated rings. The van der Waals surface area contributed by atoms with Crippen LogP contribution < -0.4 is 4.74 Å². The Morgan fingerprint density at radius 2 is 2.09 bits per heavy atom. The van der Waals surface area contributed by atoms with Crippen LogP contribution in [-0.2, 0) is 0 Å². The topological polar surface area (TPSA) is 56.8 Å². The summed E-state index contributed by atoms with van der Waals surface area (Å²) in [7, 11) is 0. The number of nitrogens with zero attached hydrogens (tertiary/aromatic N) is 2. The van der Waals surface area contributed by atoms with E-state index >= 15 is 0 Å². The van der Waals surface area contributed by atoms with Crippen LogP contribution in [0.15, 0.2) is 24.3 Å². The first-order chi connectivity index (χ1) is 5.36. The lowest BCUT2D eigenvalue weighted by molar-refractivity contribution is 0.507. The number of hydrogen-bond donors (Lipinski definition) is 0. The fourth-order valence-corrected chi connectivity index (χ4v) is 0.682. The highest BCUT2D eigenvalue weighted by Crippen LogP contribution is 2.11. The van der Waals surface area contributed by atoms with Crippen molar-refractivity contribution in [3.8, 4) is 18.1 Å². The summed E-state index contributed by atoms with van der Waals surface area (Å²) in [6.07, 6.45) is 1.53. The van der Waals surface area contributed by atoms with E-state index in [4.69, 9.17) is 10.5 Å². The smallest absolute Gasteiger partial charge is 0.292 e. The van der Waals surface area contributed by atoms with Gasteiger partial charge in [0.05, 0.1) is 11.6 Å². The van der Waals surface area contributed by atoms with Gasteiger partial charge in [-0.25, -0.2) is 0 Å². The molecule has 0 saturated heterocycles. The summed E-state index contributed by atoms with van der Waals surface area (Å²) in [5.74, 6) is 0.395. The average Bonchev–Trinajstić information content (AvgIpc) is 2.06. The molecule has 0 bridgehead atoms. The molecule has 0 N–H and O–H groups in total. The van der Waals surface area contributed by atoms with E-state index in [1.54, 1.807) is 18.2 Å². The fraction of sp³-hybridized carbons (Fsp3) is 0. The molecule has 0 saturated carbocycles. The molecule has 52 valence electrons. The molecule has 0 aromatic heterocycles. The van der Waals surface area contributed by atoms with E-state index in [0.29, 0.717) is 11.3 Å². The molecule has 0 amide bonds. The van der Waals surface area contributed by atoms with Gasteiger partial charge in [0.2, 0.25) is 0 Å². The summed E-state index contributed by atoms with van der Waals surface area (Å²) in [6.45, 7) is 0. The van der Waals surface area contributed by atoms with E-state index in [1.165, 1.54) is 12.3 Å². The van der Waals surface area contributed by atoms with Crippen LogP contribution in [-0.4, -0.2) is 0 Å². The van der Waals surface area contributed by atoms with Gasteiger partial charge in [0.25, 0.3) is 6.26 Å². The monoisotopic (exact) mass is 144 g/mol. The maximum atomic E-state index is 8.44. The average molecular weight is 144 g/mol. The number of rotatable bonds is 1. The van der Waals surface area contributed by atoms with E-state index in [1.807, 2.05) is 6.07 Å². The molecular weight excluding hydrogens is 140 g/mol. The standard InChI is InChI=1S/C8H4N2O/c9-5-7-2-1-3-8(4-7)11-6-10/h1-4H. The van der Waals surface area contributed by atoms with Crippen molar-refractivity contribution in [2.75, 3.05) is 0 Å². The molecular formula is C8H4N2O. The highest BCUT2D eigenvalue weighted by atomic mass is 16.5. The summed E-state index contributed by atoms with van der Waals surface area (Å²) >= 11 is 0. The predicted molar refractivity (Wildman–Crippen MR) is 37.4 cm³/mol. The highest BCUT2D eigenvalue weighted by Gasteiger charge is 1.93. The van der Waals surface area contributed by atoms with Gasteiger partial charge in [-0.2, -0.15) is 5.26 Å². The maximum Gasteiger partial charge on any atom is 0.292 e. The highest BCUT2D eigenvalue weighted by molar-refractivity contribution is 5.36. The van der Waals surface area contributed by atoms with Crippen LogP contribution in [0.1, 0.15) is 5.56 Å². The second-order valence-corrected chi connectivity index (χ2v) is 1.83. The molecule has 1 aromatic rings. The molecule has 0 unspecified atom stereocenters. The zero-order valence-electron chi connectivity index (χ0n) is 5.61. The number of hydrogen-bond acceptors (Lipinski definition) is 3. The van der Waals surface area contributed by atoms with E-state index in [2.05, 4.69) is 4.74 Å². The first-order valence-electron chi connectivity index (χ1n) is 2.93. The quantitative estimate of drug-likeness (QED) is 0.560. The molecule has 1 aromatic carbocycles. The minimum atomic E-state index is 0.395. The first kappa shape index (κ1) is 7.11. The molecule has 0 spiro atoms. The molecule has 3 heteroatoms. The molecule has 0 atom stereocenters. The van der Waals surface area contributed by atoms with E-state index in [-0.39, 0.29) is 0 Å². The van der Waals surface area contributed by atoms with Crippen molar-refractivity contribution in [2.45, 2.75) is 0 Å². The van der Waals surface area contributed by atoms with Crippen LogP contribution in [0.2, 0.25) is 0 Å². The van der Waals surface area contributed by atoms with Gasteiger partial charge in [-0.3, -0.25) is 0 Å². The van der Waals surface area contributed by atoms with Crippen LogP contribution in [0.3, 0.4) is 0 Å². The molecule has 0 aliphatic heterocycles. The number of nitriles is 2. The van der Waals surface area contributed by atoms with Crippen molar-refractivity contribution in [2.24, 2.45) is 0 Å². The molecule has 0 aliphatic rings. The van der Waals surface area contributed by atoms with E-state index in [9.17, 15) is 0 Å². The fourth-order valence-electron chi connectivity index (χ4n) is 0.682. The van der Waals surface area contributed by atoms with Crippen molar-refractivity contribution < 1.29 is 4.74 Å². The Labute approximate surface area is 64.1 Å². The molecule has 1 rings (SSSR count). The Morgan fingerprint density at radius 3 is 2.73 bits per heavy atom. The molecule has 11 heavy (non-hydrogen) atoms. The van der Waals surface area contributed by atoms with Crippen molar-refractivity contribution >= 4 is 0 Å². The first-order valence-corrected chi connectivity index (χ1v) is 2.93. The predicted octanol–water partition coefficient (Wildman–Crippen LogP) is 1.42. The van der Waals surface area contributed by atoms with Gasteiger partial charge in [0, 0.05) is 0 Å². The Hall–Kier alpha value is -2.00. The van der Waals surface area contributed by atoms with Crippen molar-refractivity contribution in [1.82, 2.24) is 0 Å².